The van der Waals surface area contributed by atoms with E-state index in [1.165, 1.54) is 12.8 Å². The highest BCUT2D eigenvalue weighted by atomic mass is 16.5. The Bertz CT molecular complexity index is 811. The lowest BCUT2D eigenvalue weighted by Gasteiger charge is -2.43. The number of unbranched alkanes of at least 4 members (excludes halogenated alkanes) is 10. The van der Waals surface area contributed by atoms with Crippen LogP contribution in [0.25, 0.3) is 0 Å². The van der Waals surface area contributed by atoms with Gasteiger partial charge in [0.05, 0.1) is 27.1 Å². The molecule has 0 aromatic rings. The van der Waals surface area contributed by atoms with Crippen LogP contribution in [-0.2, 0) is 38.2 Å². The summed E-state index contributed by atoms with van der Waals surface area (Å²) in [5, 5.41) is 5.54. The quantitative estimate of drug-likeness (QED) is 0.143. The molecule has 1 aliphatic heterocycles. The molecule has 12 nitrogen and oxygen atoms in total. The van der Waals surface area contributed by atoms with E-state index in [2.05, 4.69) is 24.5 Å². The Morgan fingerprint density at radius 1 is 0.595 bits per heavy atom. The zero-order chi connectivity index (χ0) is 31.3. The largest absolute Gasteiger partial charge is 0.469 e. The molecular formula is C30H52N4O8. The first-order valence-corrected chi connectivity index (χ1v) is 15.5. The summed E-state index contributed by atoms with van der Waals surface area (Å²) in [4.78, 5) is 79.3. The summed E-state index contributed by atoms with van der Waals surface area (Å²) in [6.45, 7) is 4.16. The van der Waals surface area contributed by atoms with Crippen molar-refractivity contribution in [2.24, 2.45) is 0 Å². The molecule has 2 atom stereocenters. The number of methoxy groups -OCH3 is 2. The van der Waals surface area contributed by atoms with Crippen molar-refractivity contribution in [2.75, 3.05) is 40.4 Å². The Kier molecular flexibility index (Phi) is 18.9. The van der Waals surface area contributed by atoms with E-state index in [0.29, 0.717) is 13.1 Å². The minimum atomic E-state index is -1.36. The Morgan fingerprint density at radius 3 is 1.26 bits per heavy atom. The van der Waals surface area contributed by atoms with Gasteiger partial charge < -0.3 is 29.9 Å². The van der Waals surface area contributed by atoms with Gasteiger partial charge in [-0.15, -0.1) is 0 Å². The molecule has 1 fully saturated rings. The van der Waals surface area contributed by atoms with Gasteiger partial charge in [0, 0.05) is 13.1 Å². The maximum absolute atomic E-state index is 13.7. The Labute approximate surface area is 250 Å². The van der Waals surface area contributed by atoms with Gasteiger partial charge in [-0.05, 0) is 12.8 Å². The molecule has 0 aromatic carbocycles. The van der Waals surface area contributed by atoms with Crippen LogP contribution in [0.5, 0.6) is 0 Å². The van der Waals surface area contributed by atoms with Gasteiger partial charge in [-0.1, -0.05) is 78.1 Å². The number of piperazine rings is 1. The molecule has 240 valence electrons. The van der Waals surface area contributed by atoms with Crippen molar-refractivity contribution in [3.05, 3.63) is 0 Å². The average molecular weight is 597 g/mol. The van der Waals surface area contributed by atoms with E-state index in [1.807, 2.05) is 0 Å². The van der Waals surface area contributed by atoms with E-state index < -0.39 is 73.6 Å². The molecule has 0 saturated carbocycles. The summed E-state index contributed by atoms with van der Waals surface area (Å²) in [6, 6.07) is -2.71. The number of hydrogen-bond acceptors (Lipinski definition) is 8. The second-order valence-electron chi connectivity index (χ2n) is 10.8. The lowest BCUT2D eigenvalue weighted by atomic mass is 9.99. The van der Waals surface area contributed by atoms with Crippen LogP contribution >= 0.6 is 0 Å². The molecule has 0 bridgehead atoms. The number of carbonyl (C=O) groups excluding carboxylic acids is 6. The van der Waals surface area contributed by atoms with Crippen LogP contribution in [0, 0.1) is 0 Å². The summed E-state index contributed by atoms with van der Waals surface area (Å²) in [6.07, 6.45) is 11.5. The Morgan fingerprint density at radius 2 is 0.929 bits per heavy atom. The zero-order valence-corrected chi connectivity index (χ0v) is 26.0. The Balaban J connectivity index is 2.96. The number of hydrogen-bond donors (Lipinski definition) is 2. The Hall–Kier alpha value is -3.18. The highest BCUT2D eigenvalue weighted by Crippen LogP contribution is 2.23. The van der Waals surface area contributed by atoms with Gasteiger partial charge in [0.15, 0.2) is 0 Å². The van der Waals surface area contributed by atoms with Gasteiger partial charge in [0.1, 0.15) is 25.2 Å². The second kappa shape index (κ2) is 21.5. The summed E-state index contributed by atoms with van der Waals surface area (Å²) >= 11 is 0. The van der Waals surface area contributed by atoms with E-state index in [-0.39, 0.29) is 0 Å². The van der Waals surface area contributed by atoms with Gasteiger partial charge >= 0.3 is 11.9 Å². The third-order valence-corrected chi connectivity index (χ3v) is 7.40. The third-order valence-electron chi connectivity index (χ3n) is 7.40. The van der Waals surface area contributed by atoms with Crippen LogP contribution in [-0.4, -0.2) is 97.8 Å². The maximum atomic E-state index is 13.7. The van der Waals surface area contributed by atoms with Crippen LogP contribution in [0.2, 0.25) is 0 Å². The van der Waals surface area contributed by atoms with Crippen molar-refractivity contribution in [1.29, 1.82) is 0 Å². The van der Waals surface area contributed by atoms with Crippen molar-refractivity contribution >= 4 is 35.6 Å². The molecule has 1 rings (SSSR count). The smallest absolute Gasteiger partial charge is 0.308 e. The van der Waals surface area contributed by atoms with Crippen LogP contribution in [0.3, 0.4) is 0 Å². The summed E-state index contributed by atoms with van der Waals surface area (Å²) in [5.41, 5.74) is 0. The lowest BCUT2D eigenvalue weighted by Crippen LogP contribution is -2.67. The van der Waals surface area contributed by atoms with Gasteiger partial charge in [-0.25, -0.2) is 0 Å². The van der Waals surface area contributed by atoms with E-state index in [1.54, 1.807) is 0 Å². The fourth-order valence-electron chi connectivity index (χ4n) is 4.90. The predicted octanol–water partition coefficient (Wildman–Crippen LogP) is 2.47. The number of rotatable bonds is 22. The van der Waals surface area contributed by atoms with Gasteiger partial charge in [0.2, 0.25) is 23.6 Å². The molecule has 0 aliphatic carbocycles. The molecule has 0 aromatic heterocycles. The number of carbonyl (C=O) groups is 6. The predicted molar refractivity (Wildman–Crippen MR) is 157 cm³/mol. The second-order valence-corrected chi connectivity index (χ2v) is 10.8. The first kappa shape index (κ1) is 36.8. The third kappa shape index (κ3) is 13.7. The van der Waals surface area contributed by atoms with E-state index in [9.17, 15) is 28.8 Å². The number of nitrogens with zero attached hydrogens (tertiary/aromatic N) is 2. The van der Waals surface area contributed by atoms with Gasteiger partial charge in [0.25, 0.3) is 0 Å². The van der Waals surface area contributed by atoms with Crippen LogP contribution in [0.4, 0.5) is 0 Å². The number of esters is 2. The summed E-state index contributed by atoms with van der Waals surface area (Å²) < 4.78 is 9.47. The van der Waals surface area contributed by atoms with Crippen molar-refractivity contribution in [3.8, 4) is 0 Å². The van der Waals surface area contributed by atoms with E-state index in [0.717, 1.165) is 88.2 Å². The molecule has 1 saturated heterocycles. The normalized spacial score (nSPS) is 16.8. The molecule has 12 heteroatoms. The fourth-order valence-corrected chi connectivity index (χ4v) is 4.90. The maximum Gasteiger partial charge on any atom is 0.308 e. The molecule has 4 amide bonds. The average Bonchev–Trinajstić information content (AvgIpc) is 2.98. The fraction of sp³-hybridized carbons (Fsp3) is 0.800. The lowest BCUT2D eigenvalue weighted by molar-refractivity contribution is -0.169. The highest BCUT2D eigenvalue weighted by Gasteiger charge is 2.48. The standard InChI is InChI=1S/C30H52N4O8/c1-5-7-9-11-13-15-17-31-25(35)21-33-23(19-27(37)41-3)30(40)34(24(29(33)39)20-28(38)42-4)22-26(36)32-18-16-14-12-10-8-6-2/h23-24H,5-22H2,1-4H3,(H,31,35)(H,32,36)/t23-,24-/m0/s1. The van der Waals surface area contributed by atoms with Crippen LogP contribution in [0.15, 0.2) is 0 Å². The van der Waals surface area contributed by atoms with Crippen molar-refractivity contribution in [3.63, 3.8) is 0 Å². The van der Waals surface area contributed by atoms with Crippen molar-refractivity contribution in [1.82, 2.24) is 20.4 Å². The van der Waals surface area contributed by atoms with Crippen LogP contribution in [0.1, 0.15) is 104 Å². The van der Waals surface area contributed by atoms with Gasteiger partial charge in [-0.2, -0.15) is 0 Å². The molecule has 0 unspecified atom stereocenters. The van der Waals surface area contributed by atoms with Gasteiger partial charge in [-0.3, -0.25) is 28.8 Å². The van der Waals surface area contributed by atoms with E-state index in [4.69, 9.17) is 9.47 Å². The summed E-state index contributed by atoms with van der Waals surface area (Å²) in [5.74, 6) is -3.90. The molecule has 0 radical (unpaired) electrons. The number of nitrogens with one attached hydrogen (secondary N) is 2. The highest BCUT2D eigenvalue weighted by molar-refractivity contribution is 6.03. The van der Waals surface area contributed by atoms with Crippen LogP contribution < -0.4 is 10.6 Å². The summed E-state index contributed by atoms with van der Waals surface area (Å²) in [7, 11) is 2.31. The topological polar surface area (TPSA) is 151 Å². The minimum absolute atomic E-state index is 0.416. The molecule has 1 heterocycles. The molecule has 2 N–H and O–H groups in total. The van der Waals surface area contributed by atoms with Crippen molar-refractivity contribution in [2.45, 2.75) is 116 Å². The molecular weight excluding hydrogens is 544 g/mol. The first-order valence-electron chi connectivity index (χ1n) is 15.5. The number of ether oxygens (including phenoxy) is 2. The SMILES string of the molecule is CCCCCCCCNC(=O)CN1C(=O)[C@H](CC(=O)OC)N(CC(=O)NCCCCCCCC)C(=O)[C@@H]1CC(=O)OC. The van der Waals surface area contributed by atoms with E-state index >= 15 is 0 Å². The van der Waals surface area contributed by atoms with Crippen molar-refractivity contribution < 1.29 is 38.2 Å². The minimum Gasteiger partial charge on any atom is -0.469 e. The molecule has 1 aliphatic rings. The number of amides is 4. The molecule has 0 spiro atoms. The molecule has 42 heavy (non-hydrogen) atoms. The first-order chi connectivity index (χ1) is 20.2. The zero-order valence-electron chi connectivity index (χ0n) is 26.0. The monoisotopic (exact) mass is 596 g/mol.